The Hall–Kier alpha value is -1.81. The first kappa shape index (κ1) is 17.2. The number of hydrogen-bond acceptors (Lipinski definition) is 4. The summed E-state index contributed by atoms with van der Waals surface area (Å²) in [5.74, 6) is 0.656. The van der Waals surface area contributed by atoms with Gasteiger partial charge in [-0.3, -0.25) is 0 Å². The molecule has 4 nitrogen and oxygen atoms in total. The van der Waals surface area contributed by atoms with Crippen molar-refractivity contribution in [1.82, 2.24) is 0 Å². The number of carbonyl (C=O) groups excluding carboxylic acids is 1. The zero-order valence-electron chi connectivity index (χ0n) is 13.4. The van der Waals surface area contributed by atoms with Gasteiger partial charge in [0.05, 0.1) is 26.9 Å². The van der Waals surface area contributed by atoms with Gasteiger partial charge >= 0.3 is 5.97 Å². The summed E-state index contributed by atoms with van der Waals surface area (Å²) in [6.07, 6.45) is 1.89. The molecule has 2 atom stereocenters. The Bertz CT molecular complexity index is 476. The van der Waals surface area contributed by atoms with Crippen LogP contribution in [0.3, 0.4) is 0 Å². The van der Waals surface area contributed by atoms with Gasteiger partial charge in [-0.15, -0.1) is 0 Å². The molecule has 0 saturated carbocycles. The van der Waals surface area contributed by atoms with E-state index in [0.717, 1.165) is 11.3 Å². The second-order valence-corrected chi connectivity index (χ2v) is 5.06. The van der Waals surface area contributed by atoms with E-state index in [4.69, 9.17) is 9.47 Å². The van der Waals surface area contributed by atoms with Crippen LogP contribution in [0.2, 0.25) is 0 Å². The normalized spacial score (nSPS) is 14.4. The Morgan fingerprint density at radius 1 is 1.19 bits per heavy atom. The molecule has 1 aromatic carbocycles. The fourth-order valence-electron chi connectivity index (χ4n) is 1.86. The lowest BCUT2D eigenvalue weighted by atomic mass is 10.0. The highest BCUT2D eigenvalue weighted by Gasteiger charge is 2.13. The summed E-state index contributed by atoms with van der Waals surface area (Å²) in [7, 11) is 3.03. The second-order valence-electron chi connectivity index (χ2n) is 5.06. The molecule has 4 heteroatoms. The van der Waals surface area contributed by atoms with E-state index >= 15 is 0 Å². The van der Waals surface area contributed by atoms with Crippen molar-refractivity contribution in [1.29, 1.82) is 0 Å². The van der Waals surface area contributed by atoms with Crippen molar-refractivity contribution in [3.63, 3.8) is 0 Å². The van der Waals surface area contributed by atoms with Crippen LogP contribution in [0.15, 0.2) is 35.9 Å². The minimum Gasteiger partial charge on any atom is -0.497 e. The van der Waals surface area contributed by atoms with E-state index in [-0.39, 0.29) is 18.0 Å². The lowest BCUT2D eigenvalue weighted by Gasteiger charge is -2.18. The molecule has 0 bridgehead atoms. The van der Waals surface area contributed by atoms with Crippen LogP contribution in [0.5, 0.6) is 5.75 Å². The summed E-state index contributed by atoms with van der Waals surface area (Å²) in [5, 5.41) is 0. The first-order chi connectivity index (χ1) is 9.97. The van der Waals surface area contributed by atoms with E-state index in [1.54, 1.807) is 14.0 Å². The average Bonchev–Trinajstić information content (AvgIpc) is 2.51. The lowest BCUT2D eigenvalue weighted by Crippen LogP contribution is -2.17. The third-order valence-corrected chi connectivity index (χ3v) is 3.43. The molecule has 0 radical (unpaired) electrons. The maximum absolute atomic E-state index is 11.4. The Morgan fingerprint density at radius 2 is 1.81 bits per heavy atom. The quantitative estimate of drug-likeness (QED) is 0.571. The SMILES string of the molecule is COC(=O)/C(C)=C/[C@H](C)C(C)OCc1ccc(OC)cc1. The maximum atomic E-state index is 11.4. The molecule has 1 rings (SSSR count). The highest BCUT2D eigenvalue weighted by atomic mass is 16.5. The first-order valence-corrected chi connectivity index (χ1v) is 6.99. The number of carbonyl (C=O) groups is 1. The molecule has 0 aliphatic carbocycles. The van der Waals surface area contributed by atoms with Gasteiger partial charge < -0.3 is 14.2 Å². The molecule has 0 amide bonds. The molecule has 0 spiro atoms. The molecule has 0 aliphatic heterocycles. The topological polar surface area (TPSA) is 44.8 Å². The summed E-state index contributed by atoms with van der Waals surface area (Å²) in [6.45, 7) is 6.29. The van der Waals surface area contributed by atoms with Crippen LogP contribution in [-0.2, 0) is 20.9 Å². The van der Waals surface area contributed by atoms with Gasteiger partial charge in [0.25, 0.3) is 0 Å². The zero-order valence-corrected chi connectivity index (χ0v) is 13.4. The van der Waals surface area contributed by atoms with Crippen molar-refractivity contribution >= 4 is 5.97 Å². The van der Waals surface area contributed by atoms with E-state index in [0.29, 0.717) is 12.2 Å². The van der Waals surface area contributed by atoms with Crippen molar-refractivity contribution < 1.29 is 19.0 Å². The van der Waals surface area contributed by atoms with Gasteiger partial charge in [-0.25, -0.2) is 4.79 Å². The monoisotopic (exact) mass is 292 g/mol. The van der Waals surface area contributed by atoms with Crippen LogP contribution in [0.25, 0.3) is 0 Å². The molecule has 1 unspecified atom stereocenters. The van der Waals surface area contributed by atoms with Crippen molar-refractivity contribution in [2.24, 2.45) is 5.92 Å². The summed E-state index contributed by atoms with van der Waals surface area (Å²) < 4.78 is 15.6. The predicted molar refractivity (Wildman–Crippen MR) is 82.2 cm³/mol. The molecule has 21 heavy (non-hydrogen) atoms. The van der Waals surface area contributed by atoms with Crippen molar-refractivity contribution in [2.75, 3.05) is 14.2 Å². The minimum absolute atomic E-state index is 0.00621. The van der Waals surface area contributed by atoms with E-state index < -0.39 is 0 Å². The third-order valence-electron chi connectivity index (χ3n) is 3.43. The van der Waals surface area contributed by atoms with E-state index in [1.807, 2.05) is 44.2 Å². The predicted octanol–water partition coefficient (Wildman–Crippen LogP) is 3.36. The number of methoxy groups -OCH3 is 2. The van der Waals surface area contributed by atoms with Crippen LogP contribution < -0.4 is 4.74 Å². The smallest absolute Gasteiger partial charge is 0.333 e. The average molecular weight is 292 g/mol. The van der Waals surface area contributed by atoms with Gasteiger partial charge in [-0.1, -0.05) is 25.1 Å². The molecule has 0 fully saturated rings. The summed E-state index contributed by atoms with van der Waals surface area (Å²) in [4.78, 5) is 11.4. The minimum atomic E-state index is -0.302. The molecule has 0 saturated heterocycles. The van der Waals surface area contributed by atoms with Crippen molar-refractivity contribution in [3.05, 3.63) is 41.5 Å². The van der Waals surface area contributed by atoms with Gasteiger partial charge in [-0.2, -0.15) is 0 Å². The molecular weight excluding hydrogens is 268 g/mol. The Balaban J connectivity index is 2.52. The number of rotatable bonds is 7. The van der Waals surface area contributed by atoms with E-state index in [1.165, 1.54) is 7.11 Å². The highest BCUT2D eigenvalue weighted by Crippen LogP contribution is 2.16. The molecule has 0 aliphatic rings. The molecule has 0 N–H and O–H groups in total. The zero-order chi connectivity index (χ0) is 15.8. The van der Waals surface area contributed by atoms with Crippen LogP contribution in [-0.4, -0.2) is 26.3 Å². The Kier molecular flexibility index (Phi) is 6.96. The molecule has 0 heterocycles. The van der Waals surface area contributed by atoms with Gasteiger partial charge in [0.15, 0.2) is 0 Å². The number of hydrogen-bond donors (Lipinski definition) is 0. The molecular formula is C17H24O4. The van der Waals surface area contributed by atoms with Gasteiger partial charge in [-0.05, 0) is 31.5 Å². The first-order valence-electron chi connectivity index (χ1n) is 6.99. The Labute approximate surface area is 126 Å². The largest absolute Gasteiger partial charge is 0.497 e. The molecule has 116 valence electrons. The second kappa shape index (κ2) is 8.47. The number of ether oxygens (including phenoxy) is 3. The summed E-state index contributed by atoms with van der Waals surface area (Å²) >= 11 is 0. The Morgan fingerprint density at radius 3 is 2.33 bits per heavy atom. The van der Waals surface area contributed by atoms with Crippen molar-refractivity contribution in [3.8, 4) is 5.75 Å². The van der Waals surface area contributed by atoms with Crippen LogP contribution in [0.1, 0.15) is 26.3 Å². The summed E-state index contributed by atoms with van der Waals surface area (Å²) in [5.41, 5.74) is 1.69. The van der Waals surface area contributed by atoms with Gasteiger partial charge in [0.2, 0.25) is 0 Å². The van der Waals surface area contributed by atoms with Crippen LogP contribution >= 0.6 is 0 Å². The lowest BCUT2D eigenvalue weighted by molar-refractivity contribution is -0.136. The third kappa shape index (κ3) is 5.60. The fourth-order valence-corrected chi connectivity index (χ4v) is 1.86. The van der Waals surface area contributed by atoms with Gasteiger partial charge in [0, 0.05) is 11.5 Å². The van der Waals surface area contributed by atoms with E-state index in [2.05, 4.69) is 4.74 Å². The number of esters is 1. The summed E-state index contributed by atoms with van der Waals surface area (Å²) in [6, 6.07) is 7.78. The molecule has 1 aromatic rings. The van der Waals surface area contributed by atoms with Crippen molar-refractivity contribution in [2.45, 2.75) is 33.5 Å². The van der Waals surface area contributed by atoms with Gasteiger partial charge in [0.1, 0.15) is 5.75 Å². The van der Waals surface area contributed by atoms with Crippen LogP contribution in [0.4, 0.5) is 0 Å². The van der Waals surface area contributed by atoms with Crippen LogP contribution in [0, 0.1) is 5.92 Å². The molecule has 0 aromatic heterocycles. The number of benzene rings is 1. The fraction of sp³-hybridized carbons (Fsp3) is 0.471. The maximum Gasteiger partial charge on any atom is 0.333 e. The van der Waals surface area contributed by atoms with E-state index in [9.17, 15) is 4.79 Å². The standard InChI is InChI=1S/C17H24O4/c1-12(10-13(2)17(18)20-5)14(3)21-11-15-6-8-16(19-4)9-7-15/h6-10,12,14H,11H2,1-5H3/b13-10+/t12-,14?/m0/s1. The highest BCUT2D eigenvalue weighted by molar-refractivity contribution is 5.87.